The summed E-state index contributed by atoms with van der Waals surface area (Å²) in [4.78, 5) is 0. The van der Waals surface area contributed by atoms with Crippen molar-refractivity contribution in [2.45, 2.75) is 38.8 Å². The molecule has 0 fully saturated rings. The smallest absolute Gasteiger partial charge is 0.419 e. The number of nitrogens with one attached hydrogen (secondary N) is 1. The lowest BCUT2D eigenvalue weighted by molar-refractivity contribution is -0.140. The quantitative estimate of drug-likeness (QED) is 0.539. The molecule has 0 atom stereocenters. The molecule has 2 nitrogen and oxygen atoms in total. The molecule has 0 radical (unpaired) electrons. The van der Waals surface area contributed by atoms with Gasteiger partial charge in [-0.25, -0.2) is 4.39 Å². The van der Waals surface area contributed by atoms with Crippen LogP contribution >= 0.6 is 0 Å². The van der Waals surface area contributed by atoms with Crippen molar-refractivity contribution < 1.29 is 22.3 Å². The van der Waals surface area contributed by atoms with Gasteiger partial charge in [0.25, 0.3) is 0 Å². The Morgan fingerprint density at radius 3 is 2.52 bits per heavy atom. The summed E-state index contributed by atoms with van der Waals surface area (Å²) in [6.07, 6.45) is -0.0932. The first kappa shape index (κ1) is 17.8. The lowest BCUT2D eigenvalue weighted by Gasteiger charge is -2.11. The maximum Gasteiger partial charge on any atom is 0.419 e. The zero-order chi connectivity index (χ0) is 15.7. The fraction of sp³-hybridized carbons (Fsp3) is 0.600. The molecule has 0 unspecified atom stereocenters. The largest absolute Gasteiger partial charge is 0.492 e. The molecule has 0 aliphatic heterocycles. The third kappa shape index (κ3) is 6.80. The van der Waals surface area contributed by atoms with Crippen molar-refractivity contribution in [2.75, 3.05) is 19.7 Å². The van der Waals surface area contributed by atoms with Gasteiger partial charge in [0, 0.05) is 6.54 Å². The normalized spacial score (nSPS) is 11.7. The molecule has 0 aliphatic carbocycles. The standard InChI is InChI=1S/C15H21F4NO/c1-2-3-4-5-8-20-9-10-21-12-6-7-14(16)13(11-12)15(17,18)19/h6-7,11,20H,2-5,8-10H2,1H3. The van der Waals surface area contributed by atoms with E-state index in [2.05, 4.69) is 12.2 Å². The Bertz CT molecular complexity index is 421. The van der Waals surface area contributed by atoms with Crippen LogP contribution in [0.4, 0.5) is 17.6 Å². The van der Waals surface area contributed by atoms with Crippen molar-refractivity contribution in [3.8, 4) is 5.75 Å². The predicted octanol–water partition coefficient (Wildman–Crippen LogP) is 4.39. The van der Waals surface area contributed by atoms with Crippen molar-refractivity contribution in [1.29, 1.82) is 0 Å². The van der Waals surface area contributed by atoms with E-state index in [0.29, 0.717) is 12.6 Å². The van der Waals surface area contributed by atoms with Gasteiger partial charge in [0.05, 0.1) is 5.56 Å². The van der Waals surface area contributed by atoms with Gasteiger partial charge in [-0.1, -0.05) is 26.2 Å². The van der Waals surface area contributed by atoms with Crippen molar-refractivity contribution >= 4 is 0 Å². The lowest BCUT2D eigenvalue weighted by Crippen LogP contribution is -2.22. The van der Waals surface area contributed by atoms with Gasteiger partial charge >= 0.3 is 6.18 Å². The van der Waals surface area contributed by atoms with Gasteiger partial charge in [0.1, 0.15) is 18.2 Å². The number of hydrogen-bond acceptors (Lipinski definition) is 2. The SMILES string of the molecule is CCCCCCNCCOc1ccc(F)c(C(F)(F)F)c1. The fourth-order valence-corrected chi connectivity index (χ4v) is 1.85. The second-order valence-corrected chi connectivity index (χ2v) is 4.80. The van der Waals surface area contributed by atoms with E-state index < -0.39 is 17.6 Å². The molecule has 1 N–H and O–H groups in total. The van der Waals surface area contributed by atoms with E-state index in [-0.39, 0.29) is 12.4 Å². The van der Waals surface area contributed by atoms with E-state index >= 15 is 0 Å². The molecule has 0 heterocycles. The molecule has 1 rings (SSSR count). The van der Waals surface area contributed by atoms with Crippen LogP contribution in [0.15, 0.2) is 18.2 Å². The molecular formula is C15H21F4NO. The Morgan fingerprint density at radius 1 is 1.10 bits per heavy atom. The van der Waals surface area contributed by atoms with Crippen LogP contribution < -0.4 is 10.1 Å². The first-order chi connectivity index (χ1) is 9.95. The Hall–Kier alpha value is -1.30. The summed E-state index contributed by atoms with van der Waals surface area (Å²) < 4.78 is 55.8. The first-order valence-corrected chi connectivity index (χ1v) is 7.15. The molecule has 0 bridgehead atoms. The summed E-state index contributed by atoms with van der Waals surface area (Å²) in [6.45, 7) is 3.79. The number of unbranched alkanes of at least 4 members (excludes halogenated alkanes) is 3. The number of rotatable bonds is 9. The molecule has 0 saturated heterocycles. The van der Waals surface area contributed by atoms with E-state index in [4.69, 9.17) is 4.74 Å². The van der Waals surface area contributed by atoms with Crippen molar-refractivity contribution in [2.24, 2.45) is 0 Å². The zero-order valence-corrected chi connectivity index (χ0v) is 12.1. The topological polar surface area (TPSA) is 21.3 Å². The summed E-state index contributed by atoms with van der Waals surface area (Å²) in [6, 6.07) is 2.67. The first-order valence-electron chi connectivity index (χ1n) is 7.15. The fourth-order valence-electron chi connectivity index (χ4n) is 1.85. The van der Waals surface area contributed by atoms with E-state index in [1.54, 1.807) is 0 Å². The third-order valence-corrected chi connectivity index (χ3v) is 3.00. The van der Waals surface area contributed by atoms with E-state index in [9.17, 15) is 17.6 Å². The molecule has 0 aromatic heterocycles. The van der Waals surface area contributed by atoms with E-state index in [0.717, 1.165) is 25.5 Å². The lowest BCUT2D eigenvalue weighted by atomic mass is 10.2. The summed E-state index contributed by atoms with van der Waals surface area (Å²) in [5, 5.41) is 3.15. The van der Waals surface area contributed by atoms with Gasteiger partial charge in [0.2, 0.25) is 0 Å². The number of halogens is 4. The van der Waals surface area contributed by atoms with Gasteiger partial charge in [-0.3, -0.25) is 0 Å². The Kier molecular flexibility index (Phi) is 7.50. The maximum absolute atomic E-state index is 13.1. The van der Waals surface area contributed by atoms with Crippen molar-refractivity contribution in [1.82, 2.24) is 5.32 Å². The molecule has 6 heteroatoms. The molecule has 0 saturated carbocycles. The third-order valence-electron chi connectivity index (χ3n) is 3.00. The Balaban J connectivity index is 2.30. The molecular weight excluding hydrogens is 286 g/mol. The summed E-state index contributed by atoms with van der Waals surface area (Å²) in [5.74, 6) is -1.26. The average molecular weight is 307 g/mol. The number of benzene rings is 1. The maximum atomic E-state index is 13.1. The molecule has 21 heavy (non-hydrogen) atoms. The Morgan fingerprint density at radius 2 is 1.86 bits per heavy atom. The molecule has 1 aromatic carbocycles. The second kappa shape index (κ2) is 8.87. The highest BCUT2D eigenvalue weighted by atomic mass is 19.4. The average Bonchev–Trinajstić information content (AvgIpc) is 2.42. The van der Waals surface area contributed by atoms with Gasteiger partial charge in [-0.15, -0.1) is 0 Å². The van der Waals surface area contributed by atoms with Crippen LogP contribution in [0.1, 0.15) is 38.2 Å². The van der Waals surface area contributed by atoms with Crippen LogP contribution in [0.2, 0.25) is 0 Å². The highest BCUT2D eigenvalue weighted by Crippen LogP contribution is 2.33. The van der Waals surface area contributed by atoms with Crippen molar-refractivity contribution in [3.05, 3.63) is 29.6 Å². The van der Waals surface area contributed by atoms with Crippen LogP contribution in [-0.4, -0.2) is 19.7 Å². The summed E-state index contributed by atoms with van der Waals surface area (Å²) in [7, 11) is 0. The highest BCUT2D eigenvalue weighted by molar-refractivity contribution is 5.31. The second-order valence-electron chi connectivity index (χ2n) is 4.80. The minimum absolute atomic E-state index is 0.0245. The van der Waals surface area contributed by atoms with E-state index in [1.165, 1.54) is 18.9 Å². The molecule has 1 aromatic rings. The Labute approximate surface area is 122 Å². The van der Waals surface area contributed by atoms with Gasteiger partial charge in [0.15, 0.2) is 0 Å². The van der Waals surface area contributed by atoms with Crippen LogP contribution in [-0.2, 0) is 6.18 Å². The van der Waals surface area contributed by atoms with Crippen molar-refractivity contribution in [3.63, 3.8) is 0 Å². The zero-order valence-electron chi connectivity index (χ0n) is 12.1. The minimum Gasteiger partial charge on any atom is -0.492 e. The molecule has 0 amide bonds. The molecule has 120 valence electrons. The van der Waals surface area contributed by atoms with Crippen LogP contribution in [0.25, 0.3) is 0 Å². The highest BCUT2D eigenvalue weighted by Gasteiger charge is 2.34. The molecule has 0 spiro atoms. The van der Waals surface area contributed by atoms with Crippen LogP contribution in [0.5, 0.6) is 5.75 Å². The number of alkyl halides is 3. The van der Waals surface area contributed by atoms with Crippen LogP contribution in [0, 0.1) is 5.82 Å². The van der Waals surface area contributed by atoms with Gasteiger partial charge in [-0.2, -0.15) is 13.2 Å². The summed E-state index contributed by atoms with van der Waals surface area (Å²) in [5.41, 5.74) is -1.30. The predicted molar refractivity (Wildman–Crippen MR) is 73.9 cm³/mol. The summed E-state index contributed by atoms with van der Waals surface area (Å²) >= 11 is 0. The minimum atomic E-state index is -4.71. The number of ether oxygens (including phenoxy) is 1. The number of hydrogen-bond donors (Lipinski definition) is 1. The van der Waals surface area contributed by atoms with Gasteiger partial charge < -0.3 is 10.1 Å². The monoisotopic (exact) mass is 307 g/mol. The van der Waals surface area contributed by atoms with Crippen LogP contribution in [0.3, 0.4) is 0 Å². The van der Waals surface area contributed by atoms with E-state index in [1.807, 2.05) is 0 Å². The molecule has 0 aliphatic rings. The van der Waals surface area contributed by atoms with Gasteiger partial charge in [-0.05, 0) is 31.2 Å².